The zero-order chi connectivity index (χ0) is 17.9. The minimum absolute atomic E-state index is 0.123. The highest BCUT2D eigenvalue weighted by Gasteiger charge is 2.10. The monoisotopic (exact) mass is 408 g/mol. The molecule has 0 amide bonds. The van der Waals surface area contributed by atoms with E-state index in [1.807, 2.05) is 36.4 Å². The molecular formula is C19H17BrN6. The molecule has 130 valence electrons. The lowest BCUT2D eigenvalue weighted by molar-refractivity contribution is 0.870. The van der Waals surface area contributed by atoms with Crippen molar-refractivity contribution in [2.75, 3.05) is 10.6 Å². The molecule has 0 saturated heterocycles. The maximum atomic E-state index is 4.60. The molecular weight excluding hydrogens is 392 g/mol. The number of halogens is 1. The van der Waals surface area contributed by atoms with Crippen LogP contribution in [0.15, 0.2) is 65.4 Å². The Morgan fingerprint density at radius 2 is 1.92 bits per heavy atom. The van der Waals surface area contributed by atoms with Gasteiger partial charge in [0.25, 0.3) is 0 Å². The van der Waals surface area contributed by atoms with E-state index >= 15 is 0 Å². The molecule has 0 fully saturated rings. The standard InChI is InChI=1S/C19H17BrN6/c1-12(13-5-3-2-4-6-13)23-18-16(20)11-21-19(25-18)24-15-7-8-17-14(9-15)10-22-26-17/h2-12H,1H3,(H,22,26)(H2,21,23,24,25). The second-order valence-corrected chi connectivity index (χ2v) is 6.82. The van der Waals surface area contributed by atoms with Crippen LogP contribution < -0.4 is 10.6 Å². The average molecular weight is 409 g/mol. The zero-order valence-corrected chi connectivity index (χ0v) is 15.7. The summed E-state index contributed by atoms with van der Waals surface area (Å²) < 4.78 is 0.816. The van der Waals surface area contributed by atoms with Crippen LogP contribution in [0.2, 0.25) is 0 Å². The summed E-state index contributed by atoms with van der Waals surface area (Å²) in [4.78, 5) is 8.95. The van der Waals surface area contributed by atoms with Gasteiger partial charge in [0.2, 0.25) is 5.95 Å². The van der Waals surface area contributed by atoms with Crippen LogP contribution in [0, 0.1) is 0 Å². The minimum atomic E-state index is 0.123. The molecule has 6 nitrogen and oxygen atoms in total. The van der Waals surface area contributed by atoms with Gasteiger partial charge in [0.15, 0.2) is 0 Å². The fourth-order valence-electron chi connectivity index (χ4n) is 2.71. The Hall–Kier alpha value is -2.93. The van der Waals surface area contributed by atoms with Crippen molar-refractivity contribution in [3.8, 4) is 0 Å². The van der Waals surface area contributed by atoms with E-state index in [4.69, 9.17) is 0 Å². The van der Waals surface area contributed by atoms with Gasteiger partial charge in [-0.2, -0.15) is 10.1 Å². The van der Waals surface area contributed by atoms with Gasteiger partial charge in [0.05, 0.1) is 16.2 Å². The third kappa shape index (κ3) is 3.52. The largest absolute Gasteiger partial charge is 0.362 e. The number of benzene rings is 2. The van der Waals surface area contributed by atoms with Gasteiger partial charge < -0.3 is 10.6 Å². The number of nitrogens with one attached hydrogen (secondary N) is 3. The molecule has 3 N–H and O–H groups in total. The van der Waals surface area contributed by atoms with Crippen molar-refractivity contribution in [1.29, 1.82) is 0 Å². The smallest absolute Gasteiger partial charge is 0.229 e. The quantitative estimate of drug-likeness (QED) is 0.431. The van der Waals surface area contributed by atoms with Crippen molar-refractivity contribution in [3.63, 3.8) is 0 Å². The van der Waals surface area contributed by atoms with E-state index in [0.717, 1.165) is 26.9 Å². The van der Waals surface area contributed by atoms with Crippen molar-refractivity contribution in [1.82, 2.24) is 20.2 Å². The van der Waals surface area contributed by atoms with Crippen molar-refractivity contribution in [2.24, 2.45) is 0 Å². The highest BCUT2D eigenvalue weighted by molar-refractivity contribution is 9.10. The summed E-state index contributed by atoms with van der Waals surface area (Å²) in [6.45, 7) is 2.10. The maximum Gasteiger partial charge on any atom is 0.229 e. The number of hydrogen-bond donors (Lipinski definition) is 3. The molecule has 2 aromatic carbocycles. The van der Waals surface area contributed by atoms with E-state index in [9.17, 15) is 0 Å². The van der Waals surface area contributed by atoms with Crippen LogP contribution in [-0.2, 0) is 0 Å². The topological polar surface area (TPSA) is 78.5 Å². The number of nitrogens with zero attached hydrogens (tertiary/aromatic N) is 3. The van der Waals surface area contributed by atoms with Gasteiger partial charge >= 0.3 is 0 Å². The SMILES string of the molecule is CC(Nc1nc(Nc2ccc3[nH]ncc3c2)ncc1Br)c1ccccc1. The van der Waals surface area contributed by atoms with E-state index in [1.54, 1.807) is 12.4 Å². The summed E-state index contributed by atoms with van der Waals surface area (Å²) in [7, 11) is 0. The van der Waals surface area contributed by atoms with Gasteiger partial charge in [-0.05, 0) is 46.6 Å². The van der Waals surface area contributed by atoms with Crippen LogP contribution >= 0.6 is 15.9 Å². The Kier molecular flexibility index (Phi) is 4.53. The van der Waals surface area contributed by atoms with E-state index in [-0.39, 0.29) is 6.04 Å². The van der Waals surface area contributed by atoms with Crippen LogP contribution in [0.3, 0.4) is 0 Å². The second kappa shape index (κ2) is 7.13. The molecule has 26 heavy (non-hydrogen) atoms. The number of anilines is 3. The fourth-order valence-corrected chi connectivity index (χ4v) is 3.01. The predicted molar refractivity (Wildman–Crippen MR) is 108 cm³/mol. The molecule has 4 aromatic rings. The van der Waals surface area contributed by atoms with E-state index < -0.39 is 0 Å². The third-order valence-electron chi connectivity index (χ3n) is 4.09. The second-order valence-electron chi connectivity index (χ2n) is 5.96. The summed E-state index contributed by atoms with van der Waals surface area (Å²) in [6.07, 6.45) is 3.53. The van der Waals surface area contributed by atoms with Crippen LogP contribution in [0.1, 0.15) is 18.5 Å². The fraction of sp³-hybridized carbons (Fsp3) is 0.105. The lowest BCUT2D eigenvalue weighted by Crippen LogP contribution is -2.09. The number of aromatic nitrogens is 4. The molecule has 0 aliphatic carbocycles. The summed E-state index contributed by atoms with van der Waals surface area (Å²) in [6, 6.07) is 16.3. The van der Waals surface area contributed by atoms with Gasteiger partial charge in [0, 0.05) is 23.3 Å². The Labute approximate surface area is 159 Å². The Balaban J connectivity index is 1.55. The molecule has 1 atom stereocenters. The first-order chi connectivity index (χ1) is 12.7. The molecule has 2 heterocycles. The molecule has 0 spiro atoms. The first-order valence-electron chi connectivity index (χ1n) is 8.23. The van der Waals surface area contributed by atoms with Crippen LogP contribution in [0.4, 0.5) is 17.5 Å². The van der Waals surface area contributed by atoms with E-state index in [0.29, 0.717) is 5.95 Å². The van der Waals surface area contributed by atoms with Gasteiger partial charge in [-0.25, -0.2) is 4.98 Å². The third-order valence-corrected chi connectivity index (χ3v) is 4.67. The number of hydrogen-bond acceptors (Lipinski definition) is 5. The molecule has 7 heteroatoms. The molecule has 4 rings (SSSR count). The molecule has 0 aliphatic heterocycles. The molecule has 0 radical (unpaired) electrons. The maximum absolute atomic E-state index is 4.60. The first kappa shape index (κ1) is 16.5. The molecule has 0 bridgehead atoms. The van der Waals surface area contributed by atoms with Gasteiger partial charge in [-0.1, -0.05) is 30.3 Å². The first-order valence-corrected chi connectivity index (χ1v) is 9.02. The van der Waals surface area contributed by atoms with Gasteiger partial charge in [0.1, 0.15) is 5.82 Å². The van der Waals surface area contributed by atoms with Gasteiger partial charge in [-0.3, -0.25) is 5.10 Å². The highest BCUT2D eigenvalue weighted by Crippen LogP contribution is 2.26. The number of rotatable bonds is 5. The number of H-pyrrole nitrogens is 1. The summed E-state index contributed by atoms with van der Waals surface area (Å²) in [5.74, 6) is 1.27. The lowest BCUT2D eigenvalue weighted by Gasteiger charge is -2.16. The molecule has 2 aromatic heterocycles. The normalized spacial score (nSPS) is 12.1. The number of aromatic amines is 1. The van der Waals surface area contributed by atoms with Gasteiger partial charge in [-0.15, -0.1) is 0 Å². The summed E-state index contributed by atoms with van der Waals surface area (Å²) in [5, 5.41) is 14.7. The van der Waals surface area contributed by atoms with E-state index in [2.05, 4.69) is 65.8 Å². The Morgan fingerprint density at radius 3 is 2.77 bits per heavy atom. The zero-order valence-electron chi connectivity index (χ0n) is 14.1. The lowest BCUT2D eigenvalue weighted by atomic mass is 10.1. The molecule has 0 aliphatic rings. The summed E-state index contributed by atoms with van der Waals surface area (Å²) >= 11 is 3.52. The minimum Gasteiger partial charge on any atom is -0.362 e. The number of fused-ring (bicyclic) bond motifs is 1. The Bertz CT molecular complexity index is 1030. The Morgan fingerprint density at radius 1 is 1.08 bits per heavy atom. The van der Waals surface area contributed by atoms with Crippen LogP contribution in [0.5, 0.6) is 0 Å². The van der Waals surface area contributed by atoms with Crippen molar-refractivity contribution >= 4 is 44.3 Å². The highest BCUT2D eigenvalue weighted by atomic mass is 79.9. The molecule has 0 saturated carbocycles. The summed E-state index contributed by atoms with van der Waals surface area (Å²) in [5.41, 5.74) is 3.09. The van der Waals surface area contributed by atoms with Crippen molar-refractivity contribution in [3.05, 3.63) is 71.0 Å². The predicted octanol–water partition coefficient (Wildman–Crippen LogP) is 5.03. The van der Waals surface area contributed by atoms with Crippen LogP contribution in [-0.4, -0.2) is 20.2 Å². The van der Waals surface area contributed by atoms with Crippen molar-refractivity contribution < 1.29 is 0 Å². The van der Waals surface area contributed by atoms with Crippen molar-refractivity contribution in [2.45, 2.75) is 13.0 Å². The average Bonchev–Trinajstić information content (AvgIpc) is 3.13. The van der Waals surface area contributed by atoms with Crippen LogP contribution in [0.25, 0.3) is 10.9 Å². The molecule has 1 unspecified atom stereocenters. The van der Waals surface area contributed by atoms with E-state index in [1.165, 1.54) is 5.56 Å².